The SMILES string of the molecule is C=Cc1c(C=N)oc2c1C=CC1C(C(N)=NC(=NCC3C=Cc4c(n(-c5ccccc5)c5ccccc45)C3)C3=CCCC=C3)=CC=CC21. The lowest BCUT2D eigenvalue weighted by molar-refractivity contribution is 0.456. The van der Waals surface area contributed by atoms with Crippen LogP contribution in [0.2, 0.25) is 0 Å². The number of benzene rings is 2. The first kappa shape index (κ1) is 29.6. The number of hydrogen-bond acceptors (Lipinski definition) is 3. The quantitative estimate of drug-likeness (QED) is 0.158. The maximum Gasteiger partial charge on any atom is 0.156 e. The molecule has 0 radical (unpaired) electrons. The van der Waals surface area contributed by atoms with E-state index >= 15 is 0 Å². The Morgan fingerprint density at radius 3 is 2.62 bits per heavy atom. The summed E-state index contributed by atoms with van der Waals surface area (Å²) in [6, 6.07) is 19.3. The summed E-state index contributed by atoms with van der Waals surface area (Å²) in [5.41, 5.74) is 15.6. The first-order valence-corrected chi connectivity index (χ1v) is 16.6. The van der Waals surface area contributed by atoms with Crippen LogP contribution in [0.25, 0.3) is 34.8 Å². The molecule has 0 spiro atoms. The number of nitrogens with two attached hydrogens (primary N) is 1. The second-order valence-corrected chi connectivity index (χ2v) is 12.6. The summed E-state index contributed by atoms with van der Waals surface area (Å²) in [5.74, 6) is 2.60. The fraction of sp³-hybridized carbons (Fsp3) is 0.167. The Balaban J connectivity index is 1.11. The van der Waals surface area contributed by atoms with Crippen molar-refractivity contribution < 1.29 is 4.42 Å². The van der Waals surface area contributed by atoms with Crippen LogP contribution < -0.4 is 5.73 Å². The molecule has 236 valence electrons. The van der Waals surface area contributed by atoms with E-state index in [1.54, 1.807) is 6.08 Å². The van der Waals surface area contributed by atoms with Gasteiger partial charge in [0.05, 0.1) is 11.7 Å². The minimum absolute atomic E-state index is 0.0367. The maximum absolute atomic E-state index is 7.82. The molecule has 6 nitrogen and oxygen atoms in total. The van der Waals surface area contributed by atoms with Crippen LogP contribution in [0, 0.1) is 17.2 Å². The number of fused-ring (bicyclic) bond motifs is 6. The fourth-order valence-corrected chi connectivity index (χ4v) is 7.47. The molecule has 0 bridgehead atoms. The minimum atomic E-state index is -0.0433. The van der Waals surface area contributed by atoms with Crippen molar-refractivity contribution in [3.8, 4) is 5.69 Å². The van der Waals surface area contributed by atoms with Gasteiger partial charge in [0, 0.05) is 68.9 Å². The molecule has 0 fully saturated rings. The molecule has 48 heavy (non-hydrogen) atoms. The van der Waals surface area contributed by atoms with Crippen molar-refractivity contribution in [3.63, 3.8) is 0 Å². The molecule has 2 heterocycles. The molecule has 3 N–H and O–H groups in total. The van der Waals surface area contributed by atoms with Crippen molar-refractivity contribution in [2.75, 3.05) is 6.54 Å². The van der Waals surface area contributed by atoms with Gasteiger partial charge < -0.3 is 20.1 Å². The normalized spacial score (nSPS) is 21.4. The van der Waals surface area contributed by atoms with Crippen molar-refractivity contribution in [2.45, 2.75) is 25.2 Å². The summed E-state index contributed by atoms with van der Waals surface area (Å²) in [4.78, 5) is 10.2. The van der Waals surface area contributed by atoms with E-state index in [0.29, 0.717) is 24.0 Å². The number of rotatable bonds is 7. The zero-order chi connectivity index (χ0) is 32.6. The molecule has 3 atom stereocenters. The lowest BCUT2D eigenvalue weighted by Crippen LogP contribution is -2.28. The molecule has 0 amide bonds. The van der Waals surface area contributed by atoms with Gasteiger partial charge in [0.25, 0.3) is 0 Å². The number of furan rings is 1. The molecule has 3 unspecified atom stereocenters. The topological polar surface area (TPSA) is 92.7 Å². The van der Waals surface area contributed by atoms with Gasteiger partial charge in [0.15, 0.2) is 11.6 Å². The zero-order valence-electron chi connectivity index (χ0n) is 26.7. The van der Waals surface area contributed by atoms with E-state index in [4.69, 9.17) is 25.5 Å². The van der Waals surface area contributed by atoms with Crippen molar-refractivity contribution in [2.24, 2.45) is 27.6 Å². The number of nitrogens with zero attached hydrogens (tertiary/aromatic N) is 3. The molecule has 4 aromatic rings. The van der Waals surface area contributed by atoms with Gasteiger partial charge in [-0.3, -0.25) is 4.99 Å². The molecule has 0 aliphatic heterocycles. The largest absolute Gasteiger partial charge is 0.458 e. The smallest absolute Gasteiger partial charge is 0.156 e. The van der Waals surface area contributed by atoms with Crippen molar-refractivity contribution in [3.05, 3.63) is 155 Å². The van der Waals surface area contributed by atoms with Crippen LogP contribution in [0.15, 0.2) is 135 Å². The number of para-hydroxylation sites is 2. The summed E-state index contributed by atoms with van der Waals surface area (Å²) in [5, 5.41) is 9.09. The van der Waals surface area contributed by atoms with Crippen LogP contribution in [-0.4, -0.2) is 29.0 Å². The van der Waals surface area contributed by atoms with E-state index in [-0.39, 0.29) is 17.8 Å². The third-order valence-corrected chi connectivity index (χ3v) is 9.76. The van der Waals surface area contributed by atoms with E-state index in [0.717, 1.165) is 47.3 Å². The molecule has 8 rings (SSSR count). The number of aromatic nitrogens is 1. The second kappa shape index (κ2) is 12.5. The van der Waals surface area contributed by atoms with Crippen LogP contribution >= 0.6 is 0 Å². The Bertz CT molecular complexity index is 2190. The first-order chi connectivity index (χ1) is 23.6. The van der Waals surface area contributed by atoms with Crippen molar-refractivity contribution in [1.82, 2.24) is 4.57 Å². The Morgan fingerprint density at radius 1 is 0.979 bits per heavy atom. The third kappa shape index (κ3) is 5.10. The zero-order valence-corrected chi connectivity index (χ0v) is 26.7. The summed E-state index contributed by atoms with van der Waals surface area (Å²) in [6.45, 7) is 4.54. The molecule has 0 saturated heterocycles. The highest BCUT2D eigenvalue weighted by atomic mass is 16.3. The number of aliphatic imine (C=N–C) groups is 2. The number of nitrogens with one attached hydrogen (secondary N) is 1. The molecule has 4 aliphatic carbocycles. The molecular formula is C42H37N5O. The molecular weight excluding hydrogens is 590 g/mol. The van der Waals surface area contributed by atoms with E-state index in [2.05, 4.69) is 114 Å². The first-order valence-electron chi connectivity index (χ1n) is 16.6. The fourth-order valence-electron chi connectivity index (χ4n) is 7.47. The highest BCUT2D eigenvalue weighted by Crippen LogP contribution is 2.44. The summed E-state index contributed by atoms with van der Waals surface area (Å²) < 4.78 is 8.56. The minimum Gasteiger partial charge on any atom is -0.458 e. The Kier molecular flexibility index (Phi) is 7.69. The molecule has 6 heteroatoms. The van der Waals surface area contributed by atoms with E-state index in [9.17, 15) is 0 Å². The lowest BCUT2D eigenvalue weighted by Gasteiger charge is -2.29. The van der Waals surface area contributed by atoms with Gasteiger partial charge in [-0.2, -0.15) is 0 Å². The molecule has 4 aliphatic rings. The Morgan fingerprint density at radius 2 is 1.81 bits per heavy atom. The van der Waals surface area contributed by atoms with Gasteiger partial charge in [-0.25, -0.2) is 4.99 Å². The van der Waals surface area contributed by atoms with Gasteiger partial charge in [-0.1, -0.05) is 110 Å². The molecule has 2 aromatic heterocycles. The van der Waals surface area contributed by atoms with E-state index < -0.39 is 0 Å². The van der Waals surface area contributed by atoms with E-state index in [1.165, 1.54) is 34.1 Å². The maximum atomic E-state index is 7.82. The average Bonchev–Trinajstić information content (AvgIpc) is 3.69. The van der Waals surface area contributed by atoms with E-state index in [1.807, 2.05) is 12.2 Å². The number of allylic oxidation sites excluding steroid dienone is 6. The number of amidine groups is 2. The lowest BCUT2D eigenvalue weighted by atomic mass is 9.75. The number of hydrogen-bond donors (Lipinski definition) is 2. The predicted octanol–water partition coefficient (Wildman–Crippen LogP) is 9.00. The highest BCUT2D eigenvalue weighted by Gasteiger charge is 2.35. The summed E-state index contributed by atoms with van der Waals surface area (Å²) in [7, 11) is 0. The monoisotopic (exact) mass is 627 g/mol. The summed E-state index contributed by atoms with van der Waals surface area (Å²) in [6.07, 6.45) is 27.3. The van der Waals surface area contributed by atoms with Crippen LogP contribution in [-0.2, 0) is 6.42 Å². The van der Waals surface area contributed by atoms with Gasteiger partial charge in [0.2, 0.25) is 0 Å². The standard InChI is InChI=1S/C42H37N5O/c1-2-30-35-23-22-31-34(40(35)48-39(30)25-43)17-11-18-36(31)41(44)46-42(28-12-5-3-6-13-28)45-26-27-20-21-33-32-16-9-10-19-37(32)47(38(33)24-27)29-14-7-4-8-15-29/h2,4-5,7-23,25,27,31,34,43H,1,3,6,24,26H2,(H2,44,45,46). The van der Waals surface area contributed by atoms with Gasteiger partial charge in [0.1, 0.15) is 11.6 Å². The predicted molar refractivity (Wildman–Crippen MR) is 199 cm³/mol. The Labute approximate surface area is 280 Å². The average molecular weight is 628 g/mol. The second-order valence-electron chi connectivity index (χ2n) is 12.6. The van der Waals surface area contributed by atoms with Crippen LogP contribution in [0.4, 0.5) is 0 Å². The molecule has 0 saturated carbocycles. The highest BCUT2D eigenvalue weighted by molar-refractivity contribution is 6.12. The van der Waals surface area contributed by atoms with Crippen LogP contribution in [0.3, 0.4) is 0 Å². The molecule has 2 aromatic carbocycles. The van der Waals surface area contributed by atoms with Gasteiger partial charge >= 0.3 is 0 Å². The third-order valence-electron chi connectivity index (χ3n) is 9.76. The van der Waals surface area contributed by atoms with Crippen LogP contribution in [0.5, 0.6) is 0 Å². The van der Waals surface area contributed by atoms with Crippen molar-refractivity contribution >= 4 is 47.0 Å². The van der Waals surface area contributed by atoms with Gasteiger partial charge in [-0.15, -0.1) is 0 Å². The Hall–Kier alpha value is -5.75. The van der Waals surface area contributed by atoms with Gasteiger partial charge in [-0.05, 0) is 37.5 Å². The summed E-state index contributed by atoms with van der Waals surface area (Å²) >= 11 is 0. The van der Waals surface area contributed by atoms with Crippen LogP contribution in [0.1, 0.15) is 52.7 Å². The van der Waals surface area contributed by atoms with Crippen molar-refractivity contribution in [1.29, 1.82) is 5.41 Å².